The highest BCUT2D eigenvalue weighted by molar-refractivity contribution is 5.91. The molecule has 2 heterocycles. The number of likely N-dealkylation sites (tertiary alicyclic amines) is 1. The maximum atomic E-state index is 12.6. The summed E-state index contributed by atoms with van der Waals surface area (Å²) in [6.07, 6.45) is 5.94. The molecular formula is C20H25N3O4. The van der Waals surface area contributed by atoms with Gasteiger partial charge in [-0.1, -0.05) is 5.92 Å². The predicted molar refractivity (Wildman–Crippen MR) is 99.2 cm³/mol. The number of carboxylic acid groups (broad SMARTS) is 1. The van der Waals surface area contributed by atoms with Crippen molar-refractivity contribution in [1.82, 2.24) is 15.2 Å². The Labute approximate surface area is 159 Å². The summed E-state index contributed by atoms with van der Waals surface area (Å²) in [5.74, 6) is 2.92. The van der Waals surface area contributed by atoms with E-state index in [0.717, 1.165) is 5.56 Å². The van der Waals surface area contributed by atoms with Crippen molar-refractivity contribution in [2.24, 2.45) is 5.92 Å². The summed E-state index contributed by atoms with van der Waals surface area (Å²) in [5, 5.41) is 12.7. The molecule has 1 aliphatic rings. The SMILES string of the molecule is CC#CC(CCc1ccncc1)C(NC(C)=O)(C(=O)O)N1CCCCC1=O. The second kappa shape index (κ2) is 9.17. The first kappa shape index (κ1) is 20.4. The zero-order valence-corrected chi connectivity index (χ0v) is 15.7. The smallest absolute Gasteiger partial charge is 0.352 e. The topological polar surface area (TPSA) is 99.6 Å². The van der Waals surface area contributed by atoms with Gasteiger partial charge in [-0.3, -0.25) is 14.6 Å². The van der Waals surface area contributed by atoms with E-state index in [2.05, 4.69) is 22.1 Å². The number of carbonyl (C=O) groups excluding carboxylic acids is 2. The molecule has 0 radical (unpaired) electrons. The van der Waals surface area contributed by atoms with Crippen LogP contribution in [0.15, 0.2) is 24.5 Å². The van der Waals surface area contributed by atoms with Gasteiger partial charge in [0.25, 0.3) is 0 Å². The molecule has 0 bridgehead atoms. The Hall–Kier alpha value is -2.88. The number of nitrogens with one attached hydrogen (secondary N) is 1. The first-order valence-electron chi connectivity index (χ1n) is 9.05. The van der Waals surface area contributed by atoms with E-state index in [1.54, 1.807) is 19.3 Å². The molecule has 0 saturated carbocycles. The summed E-state index contributed by atoms with van der Waals surface area (Å²) in [7, 11) is 0. The van der Waals surface area contributed by atoms with Crippen LogP contribution < -0.4 is 5.32 Å². The molecule has 0 spiro atoms. The standard InChI is InChI=1S/C20H25N3O4/c1-3-6-17(9-8-16-10-12-21-13-11-16)20(19(26)27,22-15(2)24)23-14-5-4-7-18(23)25/h10-13,17H,4-5,7-9,14H2,1-2H3,(H,22,24)(H,26,27). The van der Waals surface area contributed by atoms with Crippen LogP contribution >= 0.6 is 0 Å². The van der Waals surface area contributed by atoms with Gasteiger partial charge in [0.05, 0.1) is 5.92 Å². The Kier molecular flexibility index (Phi) is 6.94. The van der Waals surface area contributed by atoms with Crippen LogP contribution in [0.1, 0.15) is 45.1 Å². The maximum absolute atomic E-state index is 12.6. The highest BCUT2D eigenvalue weighted by atomic mass is 16.4. The lowest BCUT2D eigenvalue weighted by Gasteiger charge is -2.45. The number of aryl methyl sites for hydroxylation is 1. The van der Waals surface area contributed by atoms with E-state index in [9.17, 15) is 19.5 Å². The van der Waals surface area contributed by atoms with E-state index in [0.29, 0.717) is 25.7 Å². The van der Waals surface area contributed by atoms with Crippen molar-refractivity contribution in [2.45, 2.75) is 51.6 Å². The zero-order chi connectivity index (χ0) is 19.9. The molecule has 1 aliphatic heterocycles. The third kappa shape index (κ3) is 4.64. The van der Waals surface area contributed by atoms with Crippen molar-refractivity contribution in [2.75, 3.05) is 6.54 Å². The van der Waals surface area contributed by atoms with Crippen LogP contribution in [0.25, 0.3) is 0 Å². The average molecular weight is 371 g/mol. The van der Waals surface area contributed by atoms with Crippen molar-refractivity contribution >= 4 is 17.8 Å². The van der Waals surface area contributed by atoms with Gasteiger partial charge < -0.3 is 15.3 Å². The number of aromatic nitrogens is 1. The summed E-state index contributed by atoms with van der Waals surface area (Å²) in [6, 6.07) is 3.70. The van der Waals surface area contributed by atoms with Gasteiger partial charge in [-0.05, 0) is 50.3 Å². The molecule has 0 aromatic carbocycles. The third-order valence-electron chi connectivity index (χ3n) is 4.74. The van der Waals surface area contributed by atoms with Crippen molar-refractivity contribution in [3.8, 4) is 11.8 Å². The number of rotatable bonds is 7. The average Bonchev–Trinajstić information content (AvgIpc) is 2.64. The number of piperidine rings is 1. The molecule has 7 heteroatoms. The van der Waals surface area contributed by atoms with Gasteiger partial charge in [0, 0.05) is 32.3 Å². The van der Waals surface area contributed by atoms with Gasteiger partial charge >= 0.3 is 5.97 Å². The Morgan fingerprint density at radius 3 is 2.63 bits per heavy atom. The molecule has 2 atom stereocenters. The highest BCUT2D eigenvalue weighted by Crippen LogP contribution is 2.31. The Balaban J connectivity index is 2.44. The molecule has 0 aliphatic carbocycles. The summed E-state index contributed by atoms with van der Waals surface area (Å²) in [6.45, 7) is 3.16. The maximum Gasteiger partial charge on any atom is 0.352 e. The largest absolute Gasteiger partial charge is 0.478 e. The lowest BCUT2D eigenvalue weighted by Crippen LogP contribution is -2.71. The van der Waals surface area contributed by atoms with E-state index in [1.807, 2.05) is 12.1 Å². The molecule has 7 nitrogen and oxygen atoms in total. The van der Waals surface area contributed by atoms with Gasteiger partial charge in [0.1, 0.15) is 0 Å². The molecule has 2 amide bonds. The van der Waals surface area contributed by atoms with Crippen LogP contribution in [-0.4, -0.2) is 45.0 Å². The quantitative estimate of drug-likeness (QED) is 0.709. The number of amides is 2. The van der Waals surface area contributed by atoms with Crippen molar-refractivity contribution in [3.63, 3.8) is 0 Å². The third-order valence-corrected chi connectivity index (χ3v) is 4.74. The van der Waals surface area contributed by atoms with Crippen LogP contribution in [0.3, 0.4) is 0 Å². The monoisotopic (exact) mass is 371 g/mol. The number of pyridine rings is 1. The number of hydrogen-bond acceptors (Lipinski definition) is 4. The molecular weight excluding hydrogens is 346 g/mol. The second-order valence-corrected chi connectivity index (χ2v) is 6.60. The van der Waals surface area contributed by atoms with E-state index in [-0.39, 0.29) is 18.9 Å². The molecule has 2 rings (SSSR count). The fraction of sp³-hybridized carbons (Fsp3) is 0.500. The molecule has 144 valence electrons. The minimum absolute atomic E-state index is 0.269. The fourth-order valence-corrected chi connectivity index (χ4v) is 3.53. The fourth-order valence-electron chi connectivity index (χ4n) is 3.53. The molecule has 2 N–H and O–H groups in total. The minimum Gasteiger partial charge on any atom is -0.478 e. The van der Waals surface area contributed by atoms with Gasteiger partial charge in [-0.15, -0.1) is 5.92 Å². The molecule has 1 saturated heterocycles. The highest BCUT2D eigenvalue weighted by Gasteiger charge is 2.53. The van der Waals surface area contributed by atoms with Crippen LogP contribution in [0.2, 0.25) is 0 Å². The zero-order valence-electron chi connectivity index (χ0n) is 15.7. The summed E-state index contributed by atoms with van der Waals surface area (Å²) < 4.78 is 0. The number of carboxylic acids is 1. The van der Waals surface area contributed by atoms with Crippen LogP contribution in [-0.2, 0) is 20.8 Å². The number of nitrogens with zero attached hydrogens (tertiary/aromatic N) is 2. The van der Waals surface area contributed by atoms with E-state index in [1.165, 1.54) is 11.8 Å². The Morgan fingerprint density at radius 1 is 1.37 bits per heavy atom. The number of hydrogen-bond donors (Lipinski definition) is 2. The van der Waals surface area contributed by atoms with Crippen molar-refractivity contribution in [1.29, 1.82) is 0 Å². The van der Waals surface area contributed by atoms with E-state index in [4.69, 9.17) is 0 Å². The Morgan fingerprint density at radius 2 is 2.07 bits per heavy atom. The van der Waals surface area contributed by atoms with Crippen LogP contribution in [0, 0.1) is 17.8 Å². The van der Waals surface area contributed by atoms with E-state index >= 15 is 0 Å². The van der Waals surface area contributed by atoms with Crippen molar-refractivity contribution in [3.05, 3.63) is 30.1 Å². The summed E-state index contributed by atoms with van der Waals surface area (Å²) in [5.41, 5.74) is -0.890. The lowest BCUT2D eigenvalue weighted by molar-refractivity contribution is -0.169. The van der Waals surface area contributed by atoms with Gasteiger partial charge in [-0.25, -0.2) is 4.79 Å². The molecule has 1 aromatic rings. The van der Waals surface area contributed by atoms with Crippen molar-refractivity contribution < 1.29 is 19.5 Å². The summed E-state index contributed by atoms with van der Waals surface area (Å²) in [4.78, 5) is 42.2. The molecule has 27 heavy (non-hydrogen) atoms. The van der Waals surface area contributed by atoms with Gasteiger partial charge in [0.15, 0.2) is 0 Å². The van der Waals surface area contributed by atoms with E-state index < -0.39 is 23.5 Å². The number of aliphatic carboxylic acids is 1. The first-order valence-corrected chi connectivity index (χ1v) is 9.05. The molecule has 1 fully saturated rings. The molecule has 2 unspecified atom stereocenters. The lowest BCUT2D eigenvalue weighted by atomic mass is 9.84. The van der Waals surface area contributed by atoms with Gasteiger partial charge in [0.2, 0.25) is 17.5 Å². The first-order chi connectivity index (χ1) is 12.9. The molecule has 1 aromatic heterocycles. The van der Waals surface area contributed by atoms with Crippen LogP contribution in [0.5, 0.6) is 0 Å². The predicted octanol–water partition coefficient (Wildman–Crippen LogP) is 1.58. The van der Waals surface area contributed by atoms with Gasteiger partial charge in [-0.2, -0.15) is 0 Å². The minimum atomic E-state index is -1.88. The summed E-state index contributed by atoms with van der Waals surface area (Å²) >= 11 is 0. The number of carbonyl (C=O) groups is 3. The normalized spacial score (nSPS) is 17.3. The van der Waals surface area contributed by atoms with Crippen LogP contribution in [0.4, 0.5) is 0 Å². The Bertz CT molecular complexity index is 753. The second-order valence-electron chi connectivity index (χ2n) is 6.60.